The molecule has 0 radical (unpaired) electrons. The summed E-state index contributed by atoms with van der Waals surface area (Å²) in [6, 6.07) is 45.7. The molecule has 3 aromatic heterocycles. The van der Waals surface area contributed by atoms with Crippen LogP contribution in [0.25, 0.3) is 61.3 Å². The number of imidazole rings is 1. The van der Waals surface area contributed by atoms with Gasteiger partial charge in [-0.1, -0.05) is 84.9 Å². The van der Waals surface area contributed by atoms with Crippen molar-refractivity contribution in [3.05, 3.63) is 146 Å². The van der Waals surface area contributed by atoms with Crippen molar-refractivity contribution >= 4 is 38.9 Å². The Labute approximate surface area is 254 Å². The quantitative estimate of drug-likeness (QED) is 0.214. The van der Waals surface area contributed by atoms with Gasteiger partial charge in [0.2, 0.25) is 0 Å². The Balaban J connectivity index is 1.37. The van der Waals surface area contributed by atoms with Gasteiger partial charge in [0.15, 0.2) is 0 Å². The van der Waals surface area contributed by atoms with Crippen LogP contribution in [0.2, 0.25) is 0 Å². The van der Waals surface area contributed by atoms with E-state index in [1.807, 2.05) is 37.8 Å². The molecule has 0 saturated heterocycles. The van der Waals surface area contributed by atoms with E-state index < -0.39 is 0 Å². The first-order valence-electron chi connectivity index (χ1n) is 14.8. The van der Waals surface area contributed by atoms with Gasteiger partial charge in [-0.2, -0.15) is 0 Å². The second kappa shape index (κ2) is 9.54. The average Bonchev–Trinajstić information content (AvgIpc) is 3.63. The highest BCUT2D eigenvalue weighted by atomic mass is 15.2. The van der Waals surface area contributed by atoms with E-state index in [2.05, 4.69) is 134 Å². The highest BCUT2D eigenvalue weighted by molar-refractivity contribution is 6.11. The van der Waals surface area contributed by atoms with E-state index in [4.69, 9.17) is 4.98 Å². The van der Waals surface area contributed by atoms with Crippen molar-refractivity contribution < 1.29 is 0 Å². The number of hydrogen-bond acceptors (Lipinski definition) is 3. The molecule has 5 heteroatoms. The number of fused-ring (bicyclic) bond motifs is 8. The molecular formula is C39H27N5. The minimum atomic E-state index is 0.900. The number of benzene rings is 5. The van der Waals surface area contributed by atoms with Gasteiger partial charge in [0.1, 0.15) is 11.6 Å². The second-order valence-corrected chi connectivity index (χ2v) is 11.2. The van der Waals surface area contributed by atoms with E-state index in [0.29, 0.717) is 0 Å². The van der Waals surface area contributed by atoms with Crippen LogP contribution in [0.5, 0.6) is 0 Å². The predicted molar refractivity (Wildman–Crippen MR) is 180 cm³/mol. The van der Waals surface area contributed by atoms with Crippen LogP contribution in [-0.2, 0) is 7.05 Å². The summed E-state index contributed by atoms with van der Waals surface area (Å²) in [7, 11) is 2.04. The van der Waals surface area contributed by atoms with Crippen molar-refractivity contribution in [2.75, 3.05) is 4.90 Å². The molecular weight excluding hydrogens is 538 g/mol. The Kier molecular flexibility index (Phi) is 5.34. The first-order valence-corrected chi connectivity index (χ1v) is 14.8. The van der Waals surface area contributed by atoms with Crippen LogP contribution >= 0.6 is 0 Å². The number of para-hydroxylation sites is 2. The van der Waals surface area contributed by atoms with Crippen LogP contribution in [0.15, 0.2) is 146 Å². The van der Waals surface area contributed by atoms with E-state index >= 15 is 0 Å². The van der Waals surface area contributed by atoms with Gasteiger partial charge in [-0.15, -0.1) is 0 Å². The molecule has 8 aromatic rings. The molecule has 0 amide bonds. The Morgan fingerprint density at radius 2 is 1.25 bits per heavy atom. The van der Waals surface area contributed by atoms with Crippen molar-refractivity contribution in [1.82, 2.24) is 19.1 Å². The molecule has 0 fully saturated rings. The SMILES string of the molecule is Cn1ccnc1-c1ccc2c(c1)N(c1ccc3c4ccccc4n(-c4ccccn4)c3c1)c1ccccc1-c1ccccc1-2. The molecule has 0 bridgehead atoms. The van der Waals surface area contributed by atoms with Crippen LogP contribution in [0.4, 0.5) is 17.1 Å². The van der Waals surface area contributed by atoms with Gasteiger partial charge in [-0.25, -0.2) is 9.97 Å². The molecule has 0 saturated carbocycles. The van der Waals surface area contributed by atoms with Gasteiger partial charge in [0, 0.05) is 58.8 Å². The second-order valence-electron chi connectivity index (χ2n) is 11.2. The van der Waals surface area contributed by atoms with E-state index in [1.165, 1.54) is 33.0 Å². The minimum Gasteiger partial charge on any atom is -0.334 e. The summed E-state index contributed by atoms with van der Waals surface area (Å²) in [4.78, 5) is 11.9. The lowest BCUT2D eigenvalue weighted by Gasteiger charge is -2.28. The van der Waals surface area contributed by atoms with Crippen LogP contribution < -0.4 is 4.90 Å². The van der Waals surface area contributed by atoms with E-state index in [9.17, 15) is 0 Å². The maximum Gasteiger partial charge on any atom is 0.139 e. The molecule has 0 unspecified atom stereocenters. The maximum absolute atomic E-state index is 4.77. The molecule has 208 valence electrons. The fraction of sp³-hybridized carbons (Fsp3) is 0.0256. The van der Waals surface area contributed by atoms with Crippen LogP contribution in [0, 0.1) is 0 Å². The highest BCUT2D eigenvalue weighted by Gasteiger charge is 2.27. The smallest absolute Gasteiger partial charge is 0.139 e. The Morgan fingerprint density at radius 1 is 0.523 bits per heavy atom. The predicted octanol–water partition coefficient (Wildman–Crippen LogP) is 9.70. The van der Waals surface area contributed by atoms with Crippen molar-refractivity contribution in [3.63, 3.8) is 0 Å². The first-order chi connectivity index (χ1) is 21.8. The van der Waals surface area contributed by atoms with Crippen LogP contribution in [-0.4, -0.2) is 19.1 Å². The molecule has 0 atom stereocenters. The molecule has 0 N–H and O–H groups in total. The Morgan fingerprint density at radius 3 is 2.05 bits per heavy atom. The monoisotopic (exact) mass is 565 g/mol. The number of aryl methyl sites for hydroxylation is 1. The zero-order valence-corrected chi connectivity index (χ0v) is 24.1. The molecule has 4 heterocycles. The van der Waals surface area contributed by atoms with Gasteiger partial charge in [-0.05, 0) is 53.6 Å². The number of hydrogen-bond donors (Lipinski definition) is 0. The normalized spacial score (nSPS) is 12.2. The third kappa shape index (κ3) is 3.59. The number of nitrogens with zero attached hydrogens (tertiary/aromatic N) is 5. The summed E-state index contributed by atoms with van der Waals surface area (Å²) in [6.45, 7) is 0. The van der Waals surface area contributed by atoms with Crippen LogP contribution in [0.1, 0.15) is 0 Å². The van der Waals surface area contributed by atoms with E-state index in [1.54, 1.807) is 0 Å². The van der Waals surface area contributed by atoms with Gasteiger partial charge < -0.3 is 9.47 Å². The fourth-order valence-electron chi connectivity index (χ4n) is 6.82. The minimum absolute atomic E-state index is 0.900. The highest BCUT2D eigenvalue weighted by Crippen LogP contribution is 2.52. The molecule has 1 aliphatic heterocycles. The molecule has 0 aliphatic carbocycles. The van der Waals surface area contributed by atoms with Crippen LogP contribution in [0.3, 0.4) is 0 Å². The summed E-state index contributed by atoms with van der Waals surface area (Å²) >= 11 is 0. The lowest BCUT2D eigenvalue weighted by Crippen LogP contribution is -2.11. The molecule has 1 aliphatic rings. The molecule has 5 nitrogen and oxygen atoms in total. The number of pyridine rings is 1. The maximum atomic E-state index is 4.77. The zero-order chi connectivity index (χ0) is 29.2. The van der Waals surface area contributed by atoms with Gasteiger partial charge >= 0.3 is 0 Å². The zero-order valence-electron chi connectivity index (χ0n) is 24.1. The third-order valence-corrected chi connectivity index (χ3v) is 8.76. The molecule has 44 heavy (non-hydrogen) atoms. The molecule has 0 spiro atoms. The summed E-state index contributed by atoms with van der Waals surface area (Å²) < 4.78 is 4.35. The van der Waals surface area contributed by atoms with Crippen molar-refractivity contribution in [3.8, 4) is 39.5 Å². The number of aromatic nitrogens is 4. The fourth-order valence-corrected chi connectivity index (χ4v) is 6.82. The summed E-state index contributed by atoms with van der Waals surface area (Å²) in [5.74, 6) is 1.83. The largest absolute Gasteiger partial charge is 0.334 e. The topological polar surface area (TPSA) is 38.9 Å². The summed E-state index contributed by atoms with van der Waals surface area (Å²) in [5.41, 5.74) is 11.5. The van der Waals surface area contributed by atoms with Crippen molar-refractivity contribution in [2.24, 2.45) is 7.05 Å². The van der Waals surface area contributed by atoms with Gasteiger partial charge in [0.25, 0.3) is 0 Å². The standard InChI is InChI=1S/C39H27N5/c1-42-23-22-41-39(42)26-17-19-32-29-11-3-2-10-28(29)30-12-4-6-14-34(30)43(36(32)24-26)27-18-20-33-31-13-5-7-15-35(31)44(37(33)25-27)38-16-8-9-21-40-38/h2-25H,1H3. The number of anilines is 3. The summed E-state index contributed by atoms with van der Waals surface area (Å²) in [5, 5.41) is 2.41. The first kappa shape index (κ1) is 24.6. The molecule has 5 aromatic carbocycles. The Bertz CT molecular complexity index is 2360. The lowest BCUT2D eigenvalue weighted by molar-refractivity contribution is 0.925. The van der Waals surface area contributed by atoms with E-state index in [0.717, 1.165) is 45.3 Å². The number of rotatable bonds is 3. The average molecular weight is 566 g/mol. The van der Waals surface area contributed by atoms with Gasteiger partial charge in [0.05, 0.1) is 22.4 Å². The Hall–Kier alpha value is -5.94. The van der Waals surface area contributed by atoms with E-state index in [-0.39, 0.29) is 0 Å². The summed E-state index contributed by atoms with van der Waals surface area (Å²) in [6.07, 6.45) is 5.71. The lowest BCUT2D eigenvalue weighted by atomic mass is 9.94. The molecule has 9 rings (SSSR count). The van der Waals surface area contributed by atoms with Gasteiger partial charge in [-0.3, -0.25) is 4.57 Å². The third-order valence-electron chi connectivity index (χ3n) is 8.76. The van der Waals surface area contributed by atoms with Crippen molar-refractivity contribution in [1.29, 1.82) is 0 Å². The van der Waals surface area contributed by atoms with Crippen molar-refractivity contribution in [2.45, 2.75) is 0 Å².